The zero-order valence-electron chi connectivity index (χ0n) is 30.9. The second-order valence-electron chi connectivity index (χ2n) is 17.7. The molecule has 11 nitrogen and oxygen atoms in total. The van der Waals surface area contributed by atoms with Gasteiger partial charge in [-0.05, 0) is 106 Å². The summed E-state index contributed by atoms with van der Waals surface area (Å²) in [4.78, 5) is 38.7. The lowest BCUT2D eigenvalue weighted by atomic mass is 9.56. The number of anilines is 1. The molecule has 1 aromatic carbocycles. The molecule has 17 atom stereocenters. The molecule has 288 valence electrons. The van der Waals surface area contributed by atoms with Gasteiger partial charge in [0.15, 0.2) is 23.8 Å². The molecule has 10 aliphatic rings. The molecule has 2 saturated carbocycles. The average molecular weight is 750 g/mol. The highest BCUT2D eigenvalue weighted by Crippen LogP contribution is 2.63. The Morgan fingerprint density at radius 3 is 2.00 bits per heavy atom. The third kappa shape index (κ3) is 5.44. The zero-order valence-corrected chi connectivity index (χ0v) is 31.7. The van der Waals surface area contributed by atoms with Crippen LogP contribution in [-0.4, -0.2) is 59.8 Å². The maximum absolute atomic E-state index is 14.0. The number of nitrogens with one attached hydrogen (secondary N) is 1. The Balaban J connectivity index is 1.05. The number of hydrogen-bond acceptors (Lipinski definition) is 10. The molecule has 0 aromatic heterocycles. The summed E-state index contributed by atoms with van der Waals surface area (Å²) in [5, 5.41) is 2.66. The fraction of sp³-hybridized carbons (Fsp3) is 0.821. The summed E-state index contributed by atoms with van der Waals surface area (Å²) in [6, 6.07) is 4.02. The Morgan fingerprint density at radius 2 is 1.40 bits per heavy atom. The standard InChI is InChI=1S/C39H53ClFNO10/c1-19-7-10-26-21(3)30(44-33-38(26)24(19)13-15-36(5,47-33)49-51-38)18-31(45-35(43)42-23-9-12-29(41)28(40)17-23)32-22(4)27-11-8-20(2)25-14-16-37(6)48-34(46-32)39(25,27)52-50-37/h9,12,17,19-22,24-27,30-34H,7-8,10-11,13-16,18H2,1-6H3,(H,42,43)/t19-,20-,21-,22-,24+,25+,26+,27+,30-,31+,32+,33-,34-,36-,37-,38-,39-/m1/s1. The van der Waals surface area contributed by atoms with Crippen LogP contribution in [0.2, 0.25) is 5.02 Å². The third-order valence-corrected chi connectivity index (χ3v) is 15.0. The van der Waals surface area contributed by atoms with E-state index in [1.54, 1.807) is 0 Å². The minimum atomic E-state index is -0.948. The maximum Gasteiger partial charge on any atom is 0.411 e. The normalized spacial score (nSPS) is 51.0. The van der Waals surface area contributed by atoms with E-state index in [4.69, 9.17) is 54.8 Å². The molecule has 10 fully saturated rings. The van der Waals surface area contributed by atoms with Crippen LogP contribution < -0.4 is 5.32 Å². The average Bonchev–Trinajstić information content (AvgIpc) is 3.48. The first kappa shape index (κ1) is 36.1. The third-order valence-electron chi connectivity index (χ3n) is 14.8. The molecule has 1 N–H and O–H groups in total. The number of carbonyl (C=O) groups excluding carboxylic acids is 1. The number of rotatable bonds is 5. The van der Waals surface area contributed by atoms with Crippen LogP contribution in [-0.2, 0) is 43.2 Å². The topological polar surface area (TPSA) is 112 Å². The highest BCUT2D eigenvalue weighted by Gasteiger charge is 2.72. The number of amides is 1. The van der Waals surface area contributed by atoms with Gasteiger partial charge < -0.3 is 23.7 Å². The molecule has 11 rings (SSSR count). The van der Waals surface area contributed by atoms with Gasteiger partial charge >= 0.3 is 6.09 Å². The molecular weight excluding hydrogens is 697 g/mol. The van der Waals surface area contributed by atoms with Crippen molar-refractivity contribution in [3.63, 3.8) is 0 Å². The smallest absolute Gasteiger partial charge is 0.411 e. The van der Waals surface area contributed by atoms with E-state index in [-0.39, 0.29) is 46.6 Å². The Labute approximate surface area is 309 Å². The van der Waals surface area contributed by atoms with Crippen LogP contribution in [0.3, 0.4) is 0 Å². The van der Waals surface area contributed by atoms with Crippen molar-refractivity contribution in [1.29, 1.82) is 0 Å². The maximum atomic E-state index is 14.0. The molecule has 0 radical (unpaired) electrons. The highest BCUT2D eigenvalue weighted by molar-refractivity contribution is 6.31. The second-order valence-corrected chi connectivity index (χ2v) is 18.2. The van der Waals surface area contributed by atoms with Crippen LogP contribution in [0, 0.1) is 53.2 Å². The van der Waals surface area contributed by atoms with Crippen LogP contribution in [0.5, 0.6) is 0 Å². The number of benzene rings is 1. The van der Waals surface area contributed by atoms with Gasteiger partial charge in [-0.25, -0.2) is 28.7 Å². The van der Waals surface area contributed by atoms with E-state index >= 15 is 0 Å². The number of carbonyl (C=O) groups is 1. The molecular formula is C39H53ClFNO10. The molecule has 4 bridgehead atoms. The number of ether oxygens (including phenoxy) is 5. The molecule has 8 saturated heterocycles. The van der Waals surface area contributed by atoms with Gasteiger partial charge in [-0.15, -0.1) is 0 Å². The summed E-state index contributed by atoms with van der Waals surface area (Å²) >= 11 is 6.05. The van der Waals surface area contributed by atoms with E-state index in [2.05, 4.69) is 33.0 Å². The Hall–Kier alpha value is -1.61. The lowest BCUT2D eigenvalue weighted by Gasteiger charge is -2.62. The monoisotopic (exact) mass is 749 g/mol. The van der Waals surface area contributed by atoms with Crippen molar-refractivity contribution in [3.05, 3.63) is 29.0 Å². The first-order valence-corrected chi connectivity index (χ1v) is 20.0. The van der Waals surface area contributed by atoms with E-state index in [0.717, 1.165) is 44.9 Å². The second kappa shape index (κ2) is 12.7. The van der Waals surface area contributed by atoms with Crippen LogP contribution in [0.4, 0.5) is 14.9 Å². The van der Waals surface area contributed by atoms with Gasteiger partial charge in [-0.2, -0.15) is 0 Å². The lowest BCUT2D eigenvalue weighted by Crippen LogP contribution is -2.72. The molecule has 1 aromatic rings. The van der Waals surface area contributed by atoms with Crippen LogP contribution >= 0.6 is 11.6 Å². The van der Waals surface area contributed by atoms with E-state index < -0.39 is 59.5 Å². The van der Waals surface area contributed by atoms with Crippen molar-refractivity contribution in [2.24, 2.45) is 47.3 Å². The number of fused-ring (bicyclic) bond motifs is 4. The SMILES string of the molecule is C[C@H]1[C@@H]([C@H](C[C@H]2O[C@@H]3O[C@@]4(C)CC[C@H]5[C@H](C)CC[C@@H]([C@H]2C)[C@@]35OO4)OC(=O)Nc2ccc(F)c(Cl)c2)O[C@@H]2O[C@@]3(C)CC[C@H]4[C@H](C)CC[C@@H]1[C@@]24OO3. The van der Waals surface area contributed by atoms with E-state index in [0.29, 0.717) is 30.4 Å². The van der Waals surface area contributed by atoms with Crippen molar-refractivity contribution in [2.75, 3.05) is 5.32 Å². The van der Waals surface area contributed by atoms with Crippen molar-refractivity contribution in [2.45, 2.75) is 153 Å². The largest absolute Gasteiger partial charge is 0.443 e. The van der Waals surface area contributed by atoms with Crippen molar-refractivity contribution < 1.29 is 52.4 Å². The van der Waals surface area contributed by atoms with E-state index in [1.165, 1.54) is 18.2 Å². The molecule has 8 heterocycles. The Kier molecular flexibility index (Phi) is 8.81. The zero-order chi connectivity index (χ0) is 36.4. The summed E-state index contributed by atoms with van der Waals surface area (Å²) in [7, 11) is 0. The molecule has 2 spiro atoms. The van der Waals surface area contributed by atoms with Crippen LogP contribution in [0.25, 0.3) is 0 Å². The summed E-state index contributed by atoms with van der Waals surface area (Å²) in [5.74, 6) is -1.09. The number of hydrogen-bond donors (Lipinski definition) is 1. The summed E-state index contributed by atoms with van der Waals surface area (Å²) < 4.78 is 47.8. The minimum absolute atomic E-state index is 0.0249. The van der Waals surface area contributed by atoms with Gasteiger partial charge in [0.1, 0.15) is 18.0 Å². The van der Waals surface area contributed by atoms with Gasteiger partial charge in [0, 0.05) is 36.8 Å². The summed E-state index contributed by atoms with van der Waals surface area (Å²) in [5.41, 5.74) is -1.16. The fourth-order valence-corrected chi connectivity index (χ4v) is 12.1. The predicted molar refractivity (Wildman–Crippen MR) is 184 cm³/mol. The first-order chi connectivity index (χ1) is 24.8. The molecule has 8 aliphatic heterocycles. The minimum Gasteiger partial charge on any atom is -0.443 e. The van der Waals surface area contributed by atoms with Gasteiger partial charge in [0.25, 0.3) is 0 Å². The number of halogens is 2. The fourth-order valence-electron chi connectivity index (χ4n) is 11.9. The van der Waals surface area contributed by atoms with E-state index in [1.807, 2.05) is 13.8 Å². The molecule has 2 aliphatic carbocycles. The van der Waals surface area contributed by atoms with Crippen LogP contribution in [0.1, 0.15) is 99.3 Å². The molecule has 52 heavy (non-hydrogen) atoms. The van der Waals surface area contributed by atoms with Crippen LogP contribution in [0.15, 0.2) is 18.2 Å². The Bertz CT molecular complexity index is 1570. The quantitative estimate of drug-likeness (QED) is 0.295. The van der Waals surface area contributed by atoms with Gasteiger partial charge in [-0.3, -0.25) is 5.32 Å². The van der Waals surface area contributed by atoms with Crippen molar-refractivity contribution in [3.8, 4) is 0 Å². The van der Waals surface area contributed by atoms with Crippen molar-refractivity contribution in [1.82, 2.24) is 0 Å². The molecule has 0 unspecified atom stereocenters. The van der Waals surface area contributed by atoms with Crippen molar-refractivity contribution >= 4 is 23.4 Å². The predicted octanol–water partition coefficient (Wildman–Crippen LogP) is 8.29. The van der Waals surface area contributed by atoms with Gasteiger partial charge in [-0.1, -0.05) is 39.3 Å². The highest BCUT2D eigenvalue weighted by atomic mass is 35.5. The lowest BCUT2D eigenvalue weighted by molar-refractivity contribution is -0.573. The van der Waals surface area contributed by atoms with Gasteiger partial charge in [0.2, 0.25) is 11.6 Å². The molecule has 13 heteroatoms. The summed E-state index contributed by atoms with van der Waals surface area (Å²) in [6.07, 6.45) is 3.87. The molecule has 1 amide bonds. The first-order valence-electron chi connectivity index (χ1n) is 19.6. The van der Waals surface area contributed by atoms with Gasteiger partial charge in [0.05, 0.1) is 11.1 Å². The van der Waals surface area contributed by atoms with E-state index in [9.17, 15) is 9.18 Å². The Morgan fingerprint density at radius 1 is 0.827 bits per heavy atom. The summed E-state index contributed by atoms with van der Waals surface area (Å²) in [6.45, 7) is 12.8.